The van der Waals surface area contributed by atoms with E-state index in [9.17, 15) is 0 Å². The van der Waals surface area contributed by atoms with Crippen molar-refractivity contribution in [1.29, 1.82) is 0 Å². The molecule has 0 aliphatic carbocycles. The Balaban J connectivity index is 1.62. The van der Waals surface area contributed by atoms with E-state index < -0.39 is 0 Å². The van der Waals surface area contributed by atoms with Crippen molar-refractivity contribution >= 4 is 29.4 Å². The molecule has 0 atom stereocenters. The second-order valence-corrected chi connectivity index (χ2v) is 7.77. The van der Waals surface area contributed by atoms with Gasteiger partial charge in [-0.05, 0) is 66.1 Å². The molecule has 0 aromatic heterocycles. The lowest BCUT2D eigenvalue weighted by atomic mass is 10.2. The average Bonchev–Trinajstić information content (AvgIpc) is 2.83. The molecular formula is C25H26Cl2N2O4. The van der Waals surface area contributed by atoms with Gasteiger partial charge >= 0.3 is 0 Å². The molecule has 0 fully saturated rings. The summed E-state index contributed by atoms with van der Waals surface area (Å²) in [6.07, 6.45) is 1.73. The molecule has 3 rings (SSSR count). The fourth-order valence-corrected chi connectivity index (χ4v) is 3.35. The lowest BCUT2D eigenvalue weighted by molar-refractivity contribution is 0.269. The lowest BCUT2D eigenvalue weighted by Gasteiger charge is -2.13. The van der Waals surface area contributed by atoms with E-state index in [0.29, 0.717) is 52.8 Å². The van der Waals surface area contributed by atoms with Gasteiger partial charge in [-0.1, -0.05) is 35.3 Å². The zero-order valence-corrected chi connectivity index (χ0v) is 20.2. The van der Waals surface area contributed by atoms with Gasteiger partial charge < -0.3 is 24.4 Å². The Morgan fingerprint density at radius 1 is 0.788 bits per heavy atom. The highest BCUT2D eigenvalue weighted by molar-refractivity contribution is 6.42. The molecule has 0 spiro atoms. The summed E-state index contributed by atoms with van der Waals surface area (Å²) < 4.78 is 22.3. The molecule has 0 saturated heterocycles. The van der Waals surface area contributed by atoms with Gasteiger partial charge in [0.2, 0.25) is 0 Å². The minimum atomic E-state index is 0.345. The molecule has 33 heavy (non-hydrogen) atoms. The van der Waals surface area contributed by atoms with Crippen molar-refractivity contribution < 1.29 is 18.9 Å². The zero-order valence-electron chi connectivity index (χ0n) is 18.7. The molecule has 0 amide bonds. The topological polar surface area (TPSA) is 61.3 Å². The Kier molecular flexibility index (Phi) is 9.10. The minimum absolute atomic E-state index is 0.345. The SMILES string of the molecule is CCOc1cc(/C=N/NCc2ccc(OC)c(OC)c2)ccc1OCc1ccc(Cl)c(Cl)c1. The molecule has 1 N–H and O–H groups in total. The Labute approximate surface area is 204 Å². The summed E-state index contributed by atoms with van der Waals surface area (Å²) in [6, 6.07) is 16.8. The lowest BCUT2D eigenvalue weighted by Crippen LogP contribution is -2.06. The van der Waals surface area contributed by atoms with Gasteiger partial charge in [0.15, 0.2) is 23.0 Å². The number of benzene rings is 3. The van der Waals surface area contributed by atoms with Crippen LogP contribution in [-0.4, -0.2) is 27.0 Å². The third-order valence-electron chi connectivity index (χ3n) is 4.68. The van der Waals surface area contributed by atoms with E-state index in [1.807, 2.05) is 49.4 Å². The Morgan fingerprint density at radius 3 is 2.27 bits per heavy atom. The van der Waals surface area contributed by atoms with E-state index in [-0.39, 0.29) is 0 Å². The highest BCUT2D eigenvalue weighted by Crippen LogP contribution is 2.30. The minimum Gasteiger partial charge on any atom is -0.493 e. The molecule has 0 saturated carbocycles. The molecule has 3 aromatic rings. The number of nitrogens with one attached hydrogen (secondary N) is 1. The Morgan fingerprint density at radius 2 is 1.55 bits per heavy atom. The van der Waals surface area contributed by atoms with E-state index >= 15 is 0 Å². The Bertz CT molecular complexity index is 1110. The van der Waals surface area contributed by atoms with Crippen molar-refractivity contribution in [1.82, 2.24) is 5.43 Å². The van der Waals surface area contributed by atoms with Crippen molar-refractivity contribution in [3.63, 3.8) is 0 Å². The van der Waals surface area contributed by atoms with Gasteiger partial charge in [0.05, 0.1) is 43.6 Å². The van der Waals surface area contributed by atoms with Gasteiger partial charge in [-0.3, -0.25) is 0 Å². The van der Waals surface area contributed by atoms with Gasteiger partial charge in [0.1, 0.15) is 6.61 Å². The van der Waals surface area contributed by atoms with Gasteiger partial charge in [0.25, 0.3) is 0 Å². The molecule has 0 heterocycles. The maximum atomic E-state index is 6.08. The van der Waals surface area contributed by atoms with Crippen LogP contribution in [0.4, 0.5) is 0 Å². The maximum Gasteiger partial charge on any atom is 0.161 e. The molecular weight excluding hydrogens is 463 g/mol. The summed E-state index contributed by atoms with van der Waals surface area (Å²) in [6.45, 7) is 3.33. The first-order valence-electron chi connectivity index (χ1n) is 10.3. The van der Waals surface area contributed by atoms with Crippen LogP contribution in [0.1, 0.15) is 23.6 Å². The molecule has 8 heteroatoms. The van der Waals surface area contributed by atoms with Crippen LogP contribution in [0.3, 0.4) is 0 Å². The molecule has 0 unspecified atom stereocenters. The van der Waals surface area contributed by atoms with Crippen molar-refractivity contribution in [3.8, 4) is 23.0 Å². The number of hydrazone groups is 1. The van der Waals surface area contributed by atoms with Crippen LogP contribution in [0.15, 0.2) is 59.7 Å². The summed E-state index contributed by atoms with van der Waals surface area (Å²) in [5, 5.41) is 5.31. The largest absolute Gasteiger partial charge is 0.493 e. The predicted molar refractivity (Wildman–Crippen MR) is 132 cm³/mol. The van der Waals surface area contributed by atoms with Crippen LogP contribution in [0, 0.1) is 0 Å². The number of nitrogens with zero attached hydrogens (tertiary/aromatic N) is 1. The van der Waals surface area contributed by atoms with Gasteiger partial charge in [0, 0.05) is 0 Å². The molecule has 0 aliphatic heterocycles. The number of halogens is 2. The quantitative estimate of drug-likeness (QED) is 0.260. The number of hydrogen-bond acceptors (Lipinski definition) is 6. The third kappa shape index (κ3) is 6.94. The van der Waals surface area contributed by atoms with Crippen molar-refractivity contribution in [2.75, 3.05) is 20.8 Å². The van der Waals surface area contributed by atoms with E-state index in [2.05, 4.69) is 10.5 Å². The van der Waals surface area contributed by atoms with Crippen LogP contribution in [-0.2, 0) is 13.2 Å². The first-order chi connectivity index (χ1) is 16.0. The van der Waals surface area contributed by atoms with Crippen molar-refractivity contribution in [2.24, 2.45) is 5.10 Å². The van der Waals surface area contributed by atoms with E-state index in [1.165, 1.54) is 0 Å². The second-order valence-electron chi connectivity index (χ2n) is 6.96. The average molecular weight is 489 g/mol. The number of ether oxygens (including phenoxy) is 4. The first-order valence-corrected chi connectivity index (χ1v) is 11.1. The zero-order chi connectivity index (χ0) is 23.6. The van der Waals surface area contributed by atoms with Crippen LogP contribution in [0.2, 0.25) is 10.0 Å². The second kappa shape index (κ2) is 12.2. The molecule has 6 nitrogen and oxygen atoms in total. The molecule has 0 radical (unpaired) electrons. The summed E-state index contributed by atoms with van der Waals surface area (Å²) in [7, 11) is 3.22. The fraction of sp³-hybridized carbons (Fsp3) is 0.240. The van der Waals surface area contributed by atoms with Gasteiger partial charge in [-0.15, -0.1) is 0 Å². The predicted octanol–water partition coefficient (Wildman–Crippen LogP) is 6.11. The maximum absolute atomic E-state index is 6.08. The van der Waals surface area contributed by atoms with Crippen molar-refractivity contribution in [3.05, 3.63) is 81.3 Å². The van der Waals surface area contributed by atoms with Gasteiger partial charge in [-0.2, -0.15) is 5.10 Å². The smallest absolute Gasteiger partial charge is 0.161 e. The summed E-state index contributed by atoms with van der Waals surface area (Å²) >= 11 is 12.1. The summed E-state index contributed by atoms with van der Waals surface area (Å²) in [4.78, 5) is 0. The highest BCUT2D eigenvalue weighted by Gasteiger charge is 2.08. The first kappa shape index (κ1) is 24.6. The third-order valence-corrected chi connectivity index (χ3v) is 5.42. The molecule has 3 aromatic carbocycles. The number of rotatable bonds is 11. The summed E-state index contributed by atoms with van der Waals surface area (Å²) in [5.74, 6) is 2.65. The molecule has 0 aliphatic rings. The van der Waals surface area contributed by atoms with Crippen LogP contribution in [0.25, 0.3) is 0 Å². The van der Waals surface area contributed by atoms with Crippen molar-refractivity contribution in [2.45, 2.75) is 20.1 Å². The normalized spacial score (nSPS) is 10.8. The highest BCUT2D eigenvalue weighted by atomic mass is 35.5. The molecule has 174 valence electrons. The van der Waals surface area contributed by atoms with E-state index in [0.717, 1.165) is 16.7 Å². The standard InChI is InChI=1S/C25H26Cl2N2O4/c1-4-32-25-13-18(7-10-23(25)33-16-19-5-8-20(26)21(27)11-19)15-29-28-14-17-6-9-22(30-2)24(12-17)31-3/h5-13,15,28H,4,14,16H2,1-3H3/b29-15+. The van der Waals surface area contributed by atoms with E-state index in [4.69, 9.17) is 42.1 Å². The fourth-order valence-electron chi connectivity index (χ4n) is 3.03. The van der Waals surface area contributed by atoms with E-state index in [1.54, 1.807) is 32.6 Å². The molecule has 0 bridgehead atoms. The Hall–Kier alpha value is -3.09. The van der Waals surface area contributed by atoms with Crippen LogP contribution < -0.4 is 24.4 Å². The van der Waals surface area contributed by atoms with Crippen LogP contribution in [0.5, 0.6) is 23.0 Å². The number of methoxy groups -OCH3 is 2. The monoisotopic (exact) mass is 488 g/mol. The summed E-state index contributed by atoms with van der Waals surface area (Å²) in [5.41, 5.74) is 5.85. The van der Waals surface area contributed by atoms with Gasteiger partial charge in [-0.25, -0.2) is 0 Å². The number of hydrogen-bond donors (Lipinski definition) is 1. The van der Waals surface area contributed by atoms with Crippen LogP contribution >= 0.6 is 23.2 Å².